The van der Waals surface area contributed by atoms with Crippen molar-refractivity contribution in [2.75, 3.05) is 5.32 Å². The number of anilines is 1. The van der Waals surface area contributed by atoms with Crippen LogP contribution in [-0.4, -0.2) is 14.7 Å². The van der Waals surface area contributed by atoms with Crippen LogP contribution in [0.25, 0.3) is 0 Å². The number of aryl methyl sites for hydroxylation is 2. The summed E-state index contributed by atoms with van der Waals surface area (Å²) in [6.07, 6.45) is 1.93. The van der Waals surface area contributed by atoms with Crippen molar-refractivity contribution in [3.8, 4) is 0 Å². The van der Waals surface area contributed by atoms with Crippen molar-refractivity contribution < 1.29 is 4.92 Å². The van der Waals surface area contributed by atoms with Gasteiger partial charge in [0, 0.05) is 30.6 Å². The monoisotopic (exact) mass is 294 g/mol. The fourth-order valence-corrected chi connectivity index (χ4v) is 2.30. The maximum Gasteiger partial charge on any atom is 0.289 e. The average Bonchev–Trinajstić information content (AvgIpc) is 2.70. The molecule has 0 saturated heterocycles. The summed E-state index contributed by atoms with van der Waals surface area (Å²) in [6.45, 7) is 3.91. The van der Waals surface area contributed by atoms with Gasteiger partial charge in [0.25, 0.3) is 5.69 Å². The highest BCUT2D eigenvalue weighted by Crippen LogP contribution is 2.29. The molecule has 0 spiro atoms. The molecule has 2 rings (SSSR count). The number of rotatable bonds is 4. The number of nitro benzene ring substituents is 1. The van der Waals surface area contributed by atoms with Gasteiger partial charge in [-0.25, -0.2) is 0 Å². The fourth-order valence-electron chi connectivity index (χ4n) is 2.11. The molecule has 20 heavy (non-hydrogen) atoms. The summed E-state index contributed by atoms with van der Waals surface area (Å²) < 4.78 is 1.74. The summed E-state index contributed by atoms with van der Waals surface area (Å²) in [5, 5.41) is 18.5. The molecule has 1 atom stereocenters. The Bertz CT molecular complexity index is 654. The second-order valence-corrected chi connectivity index (χ2v) is 5.04. The van der Waals surface area contributed by atoms with Gasteiger partial charge < -0.3 is 5.32 Å². The van der Waals surface area contributed by atoms with Crippen molar-refractivity contribution in [2.24, 2.45) is 7.05 Å². The van der Waals surface area contributed by atoms with Crippen molar-refractivity contribution in [1.29, 1.82) is 0 Å². The molecule has 0 bridgehead atoms. The Hall–Kier alpha value is -2.08. The smallest absolute Gasteiger partial charge is 0.289 e. The zero-order valence-electron chi connectivity index (χ0n) is 11.4. The predicted molar refractivity (Wildman–Crippen MR) is 78.1 cm³/mol. The third kappa shape index (κ3) is 2.91. The SMILES string of the molecule is Cc1nn(C)cc1C(C)Nc1ccc(Cl)c([N+](=O)[O-])c1. The van der Waals surface area contributed by atoms with Crippen LogP contribution < -0.4 is 5.32 Å². The van der Waals surface area contributed by atoms with E-state index >= 15 is 0 Å². The van der Waals surface area contributed by atoms with Crippen molar-refractivity contribution >= 4 is 23.0 Å². The minimum absolute atomic E-state index is 0.00974. The molecule has 1 aromatic heterocycles. The van der Waals surface area contributed by atoms with E-state index in [4.69, 9.17) is 11.6 Å². The normalized spacial score (nSPS) is 12.2. The van der Waals surface area contributed by atoms with Crippen LogP contribution in [0.2, 0.25) is 5.02 Å². The van der Waals surface area contributed by atoms with E-state index in [-0.39, 0.29) is 16.8 Å². The quantitative estimate of drug-likeness (QED) is 0.692. The minimum Gasteiger partial charge on any atom is -0.378 e. The molecule has 6 nitrogen and oxygen atoms in total. The highest BCUT2D eigenvalue weighted by Gasteiger charge is 2.15. The van der Waals surface area contributed by atoms with Gasteiger partial charge in [0.2, 0.25) is 0 Å². The van der Waals surface area contributed by atoms with Crippen LogP contribution in [0, 0.1) is 17.0 Å². The summed E-state index contributed by atoms with van der Waals surface area (Å²) in [5.74, 6) is 0. The van der Waals surface area contributed by atoms with Crippen LogP contribution >= 0.6 is 11.6 Å². The lowest BCUT2D eigenvalue weighted by molar-refractivity contribution is -0.384. The van der Waals surface area contributed by atoms with Crippen LogP contribution in [0.15, 0.2) is 24.4 Å². The Morgan fingerprint density at radius 1 is 1.50 bits per heavy atom. The maximum absolute atomic E-state index is 10.9. The first kappa shape index (κ1) is 14.3. The Balaban J connectivity index is 2.24. The summed E-state index contributed by atoms with van der Waals surface area (Å²) >= 11 is 5.79. The highest BCUT2D eigenvalue weighted by molar-refractivity contribution is 6.32. The van der Waals surface area contributed by atoms with Gasteiger partial charge in [-0.2, -0.15) is 5.10 Å². The number of hydrogen-bond acceptors (Lipinski definition) is 4. The molecular formula is C13H15ClN4O2. The predicted octanol–water partition coefficient (Wildman–Crippen LogP) is 3.46. The van der Waals surface area contributed by atoms with Gasteiger partial charge in [0.15, 0.2) is 0 Å². The molecule has 0 aliphatic heterocycles. The number of benzene rings is 1. The first-order chi connectivity index (χ1) is 9.38. The van der Waals surface area contributed by atoms with Gasteiger partial charge in [-0.15, -0.1) is 0 Å². The van der Waals surface area contributed by atoms with Crippen LogP contribution in [-0.2, 0) is 7.05 Å². The van der Waals surface area contributed by atoms with E-state index in [1.165, 1.54) is 12.1 Å². The number of nitrogens with one attached hydrogen (secondary N) is 1. The molecule has 7 heteroatoms. The van der Waals surface area contributed by atoms with Crippen molar-refractivity contribution in [3.05, 3.63) is 50.8 Å². The first-order valence-electron chi connectivity index (χ1n) is 6.09. The van der Waals surface area contributed by atoms with Gasteiger partial charge in [-0.05, 0) is 26.0 Å². The molecule has 1 N–H and O–H groups in total. The molecule has 0 aliphatic carbocycles. The van der Waals surface area contributed by atoms with E-state index in [0.717, 1.165) is 11.3 Å². The molecule has 0 fully saturated rings. The third-order valence-electron chi connectivity index (χ3n) is 3.04. The van der Waals surface area contributed by atoms with Crippen LogP contribution in [0.3, 0.4) is 0 Å². The van der Waals surface area contributed by atoms with Gasteiger partial charge in [-0.3, -0.25) is 14.8 Å². The first-order valence-corrected chi connectivity index (χ1v) is 6.47. The molecule has 1 unspecified atom stereocenters. The fraction of sp³-hybridized carbons (Fsp3) is 0.308. The van der Waals surface area contributed by atoms with Gasteiger partial charge >= 0.3 is 0 Å². The lowest BCUT2D eigenvalue weighted by atomic mass is 10.1. The Morgan fingerprint density at radius 3 is 2.75 bits per heavy atom. The van der Waals surface area contributed by atoms with E-state index in [9.17, 15) is 10.1 Å². The second kappa shape index (κ2) is 5.50. The average molecular weight is 295 g/mol. The number of nitrogens with zero attached hydrogens (tertiary/aromatic N) is 3. The molecule has 1 aromatic carbocycles. The number of hydrogen-bond donors (Lipinski definition) is 1. The van der Waals surface area contributed by atoms with E-state index in [1.807, 2.05) is 27.1 Å². The van der Waals surface area contributed by atoms with Crippen molar-refractivity contribution in [2.45, 2.75) is 19.9 Å². The lowest BCUT2D eigenvalue weighted by Crippen LogP contribution is -2.07. The van der Waals surface area contributed by atoms with E-state index < -0.39 is 4.92 Å². The second-order valence-electron chi connectivity index (χ2n) is 4.63. The molecule has 2 aromatic rings. The molecule has 0 radical (unpaired) electrons. The summed E-state index contributed by atoms with van der Waals surface area (Å²) in [7, 11) is 1.86. The molecule has 106 valence electrons. The van der Waals surface area contributed by atoms with E-state index in [1.54, 1.807) is 10.7 Å². The van der Waals surface area contributed by atoms with Gasteiger partial charge in [0.1, 0.15) is 5.02 Å². The molecular weight excluding hydrogens is 280 g/mol. The highest BCUT2D eigenvalue weighted by atomic mass is 35.5. The molecule has 1 heterocycles. The van der Waals surface area contributed by atoms with Crippen molar-refractivity contribution in [1.82, 2.24) is 9.78 Å². The number of aromatic nitrogens is 2. The minimum atomic E-state index is -0.493. The van der Waals surface area contributed by atoms with Crippen LogP contribution in [0.5, 0.6) is 0 Å². The third-order valence-corrected chi connectivity index (χ3v) is 3.36. The standard InChI is InChI=1S/C13H15ClN4O2/c1-8(11-7-17(3)16-9(11)2)15-10-4-5-12(14)13(6-10)18(19)20/h4-8,15H,1-3H3. The summed E-state index contributed by atoms with van der Waals surface area (Å²) in [5.41, 5.74) is 2.52. The van der Waals surface area contributed by atoms with Crippen LogP contribution in [0.1, 0.15) is 24.2 Å². The van der Waals surface area contributed by atoms with Crippen molar-refractivity contribution in [3.63, 3.8) is 0 Å². The number of halogens is 1. The largest absolute Gasteiger partial charge is 0.378 e. The number of nitro groups is 1. The summed E-state index contributed by atoms with van der Waals surface area (Å²) in [6, 6.07) is 4.66. The Labute approximate surface area is 121 Å². The topological polar surface area (TPSA) is 73.0 Å². The van der Waals surface area contributed by atoms with Gasteiger partial charge in [-0.1, -0.05) is 11.6 Å². The van der Waals surface area contributed by atoms with E-state index in [2.05, 4.69) is 10.4 Å². The molecule has 0 amide bonds. The van der Waals surface area contributed by atoms with E-state index in [0.29, 0.717) is 5.69 Å². The van der Waals surface area contributed by atoms with Gasteiger partial charge in [0.05, 0.1) is 16.7 Å². The zero-order valence-corrected chi connectivity index (χ0v) is 12.2. The summed E-state index contributed by atoms with van der Waals surface area (Å²) in [4.78, 5) is 10.4. The Morgan fingerprint density at radius 2 is 2.20 bits per heavy atom. The molecule has 0 saturated carbocycles. The molecule has 0 aliphatic rings. The maximum atomic E-state index is 10.9. The Kier molecular flexibility index (Phi) is 3.94. The van der Waals surface area contributed by atoms with Crippen LogP contribution in [0.4, 0.5) is 11.4 Å². The zero-order chi connectivity index (χ0) is 14.9. The lowest BCUT2D eigenvalue weighted by Gasteiger charge is -2.14.